The van der Waals surface area contributed by atoms with Crippen LogP contribution in [0.1, 0.15) is 106 Å². The number of hydrogen-bond acceptors (Lipinski definition) is 7. The highest BCUT2D eigenvalue weighted by molar-refractivity contribution is 5.70. The number of aliphatic hydroxyl groups excluding tert-OH is 2. The molecule has 2 heterocycles. The number of pyridine rings is 1. The summed E-state index contributed by atoms with van der Waals surface area (Å²) in [5, 5.41) is 55.1. The Morgan fingerprint density at radius 3 is 2.49 bits per heavy atom. The van der Waals surface area contributed by atoms with E-state index in [9.17, 15) is 30.3 Å². The fourth-order valence-corrected chi connectivity index (χ4v) is 10.00. The van der Waals surface area contributed by atoms with Gasteiger partial charge in [-0.25, -0.2) is 4.98 Å². The van der Waals surface area contributed by atoms with E-state index < -0.39 is 29.5 Å². The lowest BCUT2D eigenvalue weighted by Crippen LogP contribution is -2.48. The lowest BCUT2D eigenvalue weighted by Gasteiger charge is -2.42. The predicted molar refractivity (Wildman–Crippen MR) is 216 cm³/mol. The molecule has 10 unspecified atom stereocenters. The molecule has 0 saturated heterocycles. The summed E-state index contributed by atoms with van der Waals surface area (Å²) in [4.78, 5) is 20.2. The molecule has 1 saturated carbocycles. The minimum atomic E-state index is -1.13. The minimum Gasteiger partial charge on any atom is -0.508 e. The molecule has 0 spiro atoms. The summed E-state index contributed by atoms with van der Waals surface area (Å²) < 4.78 is 0. The second kappa shape index (κ2) is 18.8. The number of anilines is 1. The van der Waals surface area contributed by atoms with Crippen LogP contribution in [0.15, 0.2) is 79.2 Å². The number of aromatic amines is 1. The second-order valence-electron chi connectivity index (χ2n) is 17.0. The van der Waals surface area contributed by atoms with E-state index in [2.05, 4.69) is 35.1 Å². The number of nitrogen functional groups attached to an aromatic ring is 1. The molecular formula is C46H63N3O6. The van der Waals surface area contributed by atoms with Gasteiger partial charge in [0.2, 0.25) is 0 Å². The van der Waals surface area contributed by atoms with Crippen LogP contribution in [0.5, 0.6) is 5.75 Å². The molecule has 1 fully saturated rings. The Bertz CT molecular complexity index is 1740. The number of nitrogens with two attached hydrogens (primary N) is 1. The number of carboxylic acids is 1. The minimum absolute atomic E-state index is 0.111. The van der Waals surface area contributed by atoms with Crippen LogP contribution in [0.4, 0.5) is 5.82 Å². The number of phenolic OH excluding ortho intramolecular Hbond substituents is 1. The van der Waals surface area contributed by atoms with Crippen molar-refractivity contribution in [2.75, 3.05) is 5.73 Å². The first-order valence-corrected chi connectivity index (χ1v) is 20.8. The summed E-state index contributed by atoms with van der Waals surface area (Å²) in [6.45, 7) is 2.21. The van der Waals surface area contributed by atoms with Gasteiger partial charge in [0.25, 0.3) is 0 Å². The summed E-state index contributed by atoms with van der Waals surface area (Å²) in [7, 11) is 0. The van der Waals surface area contributed by atoms with Crippen molar-refractivity contribution in [3.05, 3.63) is 102 Å². The molecule has 10 atom stereocenters. The topological polar surface area (TPSA) is 173 Å². The highest BCUT2D eigenvalue weighted by atomic mass is 16.4. The number of aromatic hydroxyl groups is 1. The van der Waals surface area contributed by atoms with Gasteiger partial charge in [0.05, 0.1) is 23.7 Å². The number of carbonyl (C=O) groups is 1. The number of aromatic nitrogens is 2. The largest absolute Gasteiger partial charge is 0.508 e. The van der Waals surface area contributed by atoms with Gasteiger partial charge in [0.1, 0.15) is 11.6 Å². The lowest BCUT2D eigenvalue weighted by atomic mass is 9.68. The van der Waals surface area contributed by atoms with Gasteiger partial charge >= 0.3 is 5.97 Å². The number of phenols is 1. The maximum atomic E-state index is 12.7. The molecule has 1 aromatic carbocycles. The first-order chi connectivity index (χ1) is 26.5. The highest BCUT2D eigenvalue weighted by Crippen LogP contribution is 2.54. The van der Waals surface area contributed by atoms with Crippen LogP contribution in [-0.4, -0.2) is 59.3 Å². The van der Waals surface area contributed by atoms with Gasteiger partial charge in [-0.2, -0.15) is 0 Å². The Hall–Kier alpha value is -3.92. The first-order valence-electron chi connectivity index (χ1n) is 20.8. The van der Waals surface area contributed by atoms with Crippen molar-refractivity contribution in [2.24, 2.45) is 41.4 Å². The van der Waals surface area contributed by atoms with Crippen LogP contribution in [0.3, 0.4) is 0 Å². The number of aliphatic carboxylic acids is 1. The molecule has 6 rings (SSSR count). The van der Waals surface area contributed by atoms with Crippen molar-refractivity contribution >= 4 is 11.8 Å². The van der Waals surface area contributed by atoms with Crippen molar-refractivity contribution in [1.29, 1.82) is 0 Å². The van der Waals surface area contributed by atoms with Crippen LogP contribution < -0.4 is 5.73 Å². The Kier molecular flexibility index (Phi) is 13.9. The lowest BCUT2D eigenvalue weighted by molar-refractivity contribution is -0.148. The standard InChI is InChI=1S/C46H63N3O6/c1-2-3-5-8-30-11-14-34(42(51)24-30)9-6-4-7-10-40(45(53)54)44(52)35-15-18-41-36(22-32-19-20-48-43(47)25-32)26-37(46(41,55)28-35)27-38-23-33(29-49-38)21-31-12-16-39(50)17-13-31/h11-20,23,25,29-30,34-37,40-42,44,49-52,55H,2-10,21-22,24,26-28H2,1H3,(H2,47,48)(H,53,54). The van der Waals surface area contributed by atoms with Crippen LogP contribution in [0.2, 0.25) is 0 Å². The number of carboxylic acid groups (broad SMARTS) is 1. The molecule has 9 heteroatoms. The summed E-state index contributed by atoms with van der Waals surface area (Å²) in [5.74, 6) is -1.22. The van der Waals surface area contributed by atoms with Crippen LogP contribution in [-0.2, 0) is 24.1 Å². The molecule has 3 aliphatic carbocycles. The van der Waals surface area contributed by atoms with Crippen LogP contribution in [0, 0.1) is 41.4 Å². The third kappa shape index (κ3) is 10.5. The number of rotatable bonds is 19. The van der Waals surface area contributed by atoms with E-state index in [1.165, 1.54) is 19.3 Å². The molecule has 0 radical (unpaired) electrons. The monoisotopic (exact) mass is 753 g/mol. The summed E-state index contributed by atoms with van der Waals surface area (Å²) in [5.41, 5.74) is 9.20. The molecule has 0 aliphatic heterocycles. The highest BCUT2D eigenvalue weighted by Gasteiger charge is 2.55. The number of benzene rings is 1. The van der Waals surface area contributed by atoms with E-state index >= 15 is 0 Å². The normalized spacial score (nSPS) is 28.5. The maximum Gasteiger partial charge on any atom is 0.309 e. The zero-order valence-electron chi connectivity index (χ0n) is 32.5. The molecule has 0 bridgehead atoms. The van der Waals surface area contributed by atoms with E-state index in [4.69, 9.17) is 5.73 Å². The maximum absolute atomic E-state index is 12.7. The van der Waals surface area contributed by atoms with E-state index in [1.807, 2.05) is 42.6 Å². The van der Waals surface area contributed by atoms with Gasteiger partial charge in [-0.15, -0.1) is 0 Å². The van der Waals surface area contributed by atoms with Gasteiger partial charge in [-0.3, -0.25) is 4.79 Å². The quantitative estimate of drug-likeness (QED) is 0.0480. The zero-order chi connectivity index (χ0) is 39.0. The zero-order valence-corrected chi connectivity index (χ0v) is 32.5. The summed E-state index contributed by atoms with van der Waals surface area (Å²) in [6.07, 6.45) is 23.2. The fourth-order valence-electron chi connectivity index (χ4n) is 10.00. The average molecular weight is 754 g/mol. The van der Waals surface area contributed by atoms with Crippen molar-refractivity contribution in [3.63, 3.8) is 0 Å². The van der Waals surface area contributed by atoms with Crippen LogP contribution in [0.25, 0.3) is 0 Å². The van der Waals surface area contributed by atoms with E-state index in [0.717, 1.165) is 67.3 Å². The Balaban J connectivity index is 1.09. The summed E-state index contributed by atoms with van der Waals surface area (Å²) >= 11 is 0. The first kappa shape index (κ1) is 40.7. The molecule has 55 heavy (non-hydrogen) atoms. The van der Waals surface area contributed by atoms with E-state index in [-0.39, 0.29) is 35.5 Å². The Morgan fingerprint density at radius 1 is 0.945 bits per heavy atom. The third-order valence-corrected chi connectivity index (χ3v) is 13.0. The SMILES string of the molecule is CCCCCC1C=CC(CCCCCC(C(=O)O)C(O)C2C=CC3C(Cc4ccnc(N)c4)CC(Cc4cc(Cc5ccc(O)cc5)c[nH]4)C3(O)C2)C(O)C1. The fraction of sp³-hybridized carbons (Fsp3) is 0.565. The van der Waals surface area contributed by atoms with E-state index in [0.29, 0.717) is 43.8 Å². The van der Waals surface area contributed by atoms with Crippen molar-refractivity contribution in [1.82, 2.24) is 9.97 Å². The Labute approximate surface area is 326 Å². The number of hydrogen-bond donors (Lipinski definition) is 7. The average Bonchev–Trinajstić information content (AvgIpc) is 3.71. The van der Waals surface area contributed by atoms with Gasteiger partial charge in [-0.1, -0.05) is 81.9 Å². The summed E-state index contributed by atoms with van der Waals surface area (Å²) in [6, 6.07) is 13.2. The smallest absolute Gasteiger partial charge is 0.309 e. The molecule has 8 N–H and O–H groups in total. The van der Waals surface area contributed by atoms with Crippen molar-refractivity contribution in [3.8, 4) is 5.75 Å². The number of nitrogens with zero attached hydrogens (tertiary/aromatic N) is 1. The molecule has 3 aromatic rings. The van der Waals surface area contributed by atoms with Crippen LogP contribution >= 0.6 is 0 Å². The third-order valence-electron chi connectivity index (χ3n) is 13.0. The van der Waals surface area contributed by atoms with E-state index in [1.54, 1.807) is 18.3 Å². The van der Waals surface area contributed by atoms with Gasteiger partial charge in [-0.05, 0) is 123 Å². The van der Waals surface area contributed by atoms with Crippen molar-refractivity contribution in [2.45, 2.75) is 121 Å². The van der Waals surface area contributed by atoms with Gasteiger partial charge in [0.15, 0.2) is 0 Å². The van der Waals surface area contributed by atoms with Crippen molar-refractivity contribution < 1.29 is 30.3 Å². The van der Waals surface area contributed by atoms with Gasteiger partial charge in [0, 0.05) is 35.8 Å². The molecular weight excluding hydrogens is 691 g/mol. The number of aliphatic hydroxyl groups is 3. The number of allylic oxidation sites excluding steroid dienone is 1. The Morgan fingerprint density at radius 2 is 1.75 bits per heavy atom. The van der Waals surface area contributed by atoms with Gasteiger partial charge < -0.3 is 36.3 Å². The number of fused-ring (bicyclic) bond motifs is 1. The second-order valence-corrected chi connectivity index (χ2v) is 17.0. The molecule has 298 valence electrons. The molecule has 9 nitrogen and oxygen atoms in total. The number of unbranched alkanes of at least 4 members (excludes halogenated alkanes) is 4. The number of nitrogens with one attached hydrogen (secondary N) is 1. The number of H-pyrrole nitrogens is 1. The molecule has 2 aromatic heterocycles. The molecule has 0 amide bonds. The predicted octanol–water partition coefficient (Wildman–Crippen LogP) is 7.78. The molecule has 3 aliphatic rings.